The van der Waals surface area contributed by atoms with Crippen molar-refractivity contribution in [3.8, 4) is 44.5 Å². The second-order valence-corrected chi connectivity index (χ2v) is 14.9. The predicted molar refractivity (Wildman–Crippen MR) is 222 cm³/mol. The van der Waals surface area contributed by atoms with Crippen molar-refractivity contribution < 1.29 is 4.42 Å². The molecule has 7 aromatic carbocycles. The van der Waals surface area contributed by atoms with Crippen molar-refractivity contribution in [1.29, 1.82) is 0 Å². The molecule has 0 amide bonds. The molecule has 2 heteroatoms. The molecule has 1 aromatic heterocycles. The fraction of sp³-hybridized carbons (Fsp3) is 0.0980. The minimum absolute atomic E-state index is 0.0723. The average molecular weight is 682 g/mol. The summed E-state index contributed by atoms with van der Waals surface area (Å²) in [4.78, 5) is 0. The molecule has 0 bridgehead atoms. The zero-order valence-electron chi connectivity index (χ0n) is 29.9. The van der Waals surface area contributed by atoms with Gasteiger partial charge in [0.25, 0.3) is 0 Å². The monoisotopic (exact) mass is 681 g/mol. The standard InChI is InChI=1S/C30H20O.C21H19N/c1-2-8-21(9-3-1)22-16-18-23(19-17-22)24-10-6-11-25(20-24)26-13-7-14-28-27-12-4-5-15-29(27)31-30(26)28;1-21(2)16-9-5-3-7-13(16)14-11-12-18-19(20(14)21)15-8-4-6-10-17(15)22-18/h1-20H;3-12,15,17,22H,1-2H3. The van der Waals surface area contributed by atoms with E-state index in [1.165, 1.54) is 55.8 Å². The molecule has 0 spiro atoms. The van der Waals surface area contributed by atoms with Gasteiger partial charge >= 0.3 is 0 Å². The quantitative estimate of drug-likeness (QED) is 0.201. The predicted octanol–water partition coefficient (Wildman–Crippen LogP) is 13.6. The van der Waals surface area contributed by atoms with Crippen LogP contribution in [0.3, 0.4) is 0 Å². The maximum absolute atomic E-state index is 6.25. The molecule has 3 aliphatic rings. The van der Waals surface area contributed by atoms with Crippen LogP contribution in [0.15, 0.2) is 186 Å². The molecule has 0 radical (unpaired) electrons. The largest absolute Gasteiger partial charge is 0.455 e. The van der Waals surface area contributed by atoms with E-state index in [9.17, 15) is 0 Å². The zero-order chi connectivity index (χ0) is 35.5. The summed E-state index contributed by atoms with van der Waals surface area (Å²) in [6, 6.07) is 56.4. The van der Waals surface area contributed by atoms with Gasteiger partial charge < -0.3 is 9.73 Å². The highest BCUT2D eigenvalue weighted by Gasteiger charge is 2.42. The first-order valence-electron chi connectivity index (χ1n) is 18.6. The summed E-state index contributed by atoms with van der Waals surface area (Å²) < 4.78 is 6.25. The van der Waals surface area contributed by atoms with Crippen molar-refractivity contribution >= 4 is 27.6 Å². The van der Waals surface area contributed by atoms with Gasteiger partial charge in [-0.25, -0.2) is 0 Å². The van der Waals surface area contributed by atoms with Crippen LogP contribution < -0.4 is 5.32 Å². The van der Waals surface area contributed by atoms with Gasteiger partial charge in [-0.3, -0.25) is 0 Å². The molecular formula is C51H39NO. The van der Waals surface area contributed by atoms with Gasteiger partial charge in [0.05, 0.1) is 6.04 Å². The van der Waals surface area contributed by atoms with Crippen molar-refractivity contribution in [3.05, 3.63) is 199 Å². The Balaban J connectivity index is 0.000000140. The Morgan fingerprint density at radius 3 is 2.02 bits per heavy atom. The first-order chi connectivity index (χ1) is 26.0. The Morgan fingerprint density at radius 2 is 1.15 bits per heavy atom. The number of para-hydroxylation sites is 2. The van der Waals surface area contributed by atoms with Gasteiger partial charge in [0.1, 0.15) is 11.2 Å². The summed E-state index contributed by atoms with van der Waals surface area (Å²) >= 11 is 0. The highest BCUT2D eigenvalue weighted by Crippen LogP contribution is 2.55. The Hall–Kier alpha value is -6.38. The summed E-state index contributed by atoms with van der Waals surface area (Å²) in [6.07, 6.45) is 8.97. The van der Waals surface area contributed by atoms with Crippen LogP contribution in [0.25, 0.3) is 66.4 Å². The van der Waals surface area contributed by atoms with Crippen molar-refractivity contribution in [2.45, 2.75) is 31.2 Å². The van der Waals surface area contributed by atoms with Crippen LogP contribution in [0.2, 0.25) is 0 Å². The molecule has 2 unspecified atom stereocenters. The van der Waals surface area contributed by atoms with Gasteiger partial charge in [0.15, 0.2) is 0 Å². The van der Waals surface area contributed by atoms with Gasteiger partial charge in [0, 0.05) is 33.4 Å². The minimum atomic E-state index is 0.0723. The van der Waals surface area contributed by atoms with E-state index in [1.54, 1.807) is 0 Å². The summed E-state index contributed by atoms with van der Waals surface area (Å²) in [5.74, 6) is 0.462. The molecule has 1 N–H and O–H groups in total. The molecule has 8 aromatic rings. The third kappa shape index (κ3) is 5.17. The second kappa shape index (κ2) is 12.4. The molecule has 0 saturated heterocycles. The molecule has 11 rings (SSSR count). The summed E-state index contributed by atoms with van der Waals surface area (Å²) in [5.41, 5.74) is 17.7. The Bertz CT molecular complexity index is 2730. The van der Waals surface area contributed by atoms with Gasteiger partial charge in [-0.2, -0.15) is 0 Å². The third-order valence-corrected chi connectivity index (χ3v) is 11.5. The van der Waals surface area contributed by atoms with Crippen molar-refractivity contribution in [2.24, 2.45) is 0 Å². The number of rotatable bonds is 3. The van der Waals surface area contributed by atoms with Crippen LogP contribution >= 0.6 is 0 Å². The van der Waals surface area contributed by atoms with E-state index in [2.05, 4.69) is 183 Å². The number of allylic oxidation sites excluding steroid dienone is 2. The maximum Gasteiger partial charge on any atom is 0.143 e. The molecule has 0 fully saturated rings. The van der Waals surface area contributed by atoms with Crippen LogP contribution in [0, 0.1) is 0 Å². The number of fused-ring (bicyclic) bond motifs is 10. The molecule has 53 heavy (non-hydrogen) atoms. The molecular weight excluding hydrogens is 643 g/mol. The van der Waals surface area contributed by atoms with Crippen molar-refractivity contribution in [1.82, 2.24) is 0 Å². The molecule has 2 aliphatic carbocycles. The number of hydrogen-bond acceptors (Lipinski definition) is 2. The van der Waals surface area contributed by atoms with Crippen LogP contribution in [0.1, 0.15) is 36.5 Å². The van der Waals surface area contributed by atoms with E-state index in [0.717, 1.165) is 33.1 Å². The Morgan fingerprint density at radius 1 is 0.509 bits per heavy atom. The highest BCUT2D eigenvalue weighted by molar-refractivity contribution is 6.09. The second-order valence-electron chi connectivity index (χ2n) is 14.9. The number of anilines is 1. The van der Waals surface area contributed by atoms with E-state index in [1.807, 2.05) is 18.2 Å². The molecule has 2 nitrogen and oxygen atoms in total. The van der Waals surface area contributed by atoms with Gasteiger partial charge in [-0.1, -0.05) is 178 Å². The molecule has 2 heterocycles. The zero-order valence-corrected chi connectivity index (χ0v) is 29.9. The average Bonchev–Trinajstić information content (AvgIpc) is 3.86. The highest BCUT2D eigenvalue weighted by atomic mass is 16.3. The minimum Gasteiger partial charge on any atom is -0.455 e. The van der Waals surface area contributed by atoms with Gasteiger partial charge in [-0.15, -0.1) is 0 Å². The van der Waals surface area contributed by atoms with E-state index < -0.39 is 0 Å². The summed E-state index contributed by atoms with van der Waals surface area (Å²) in [5, 5.41) is 6.01. The molecule has 2 atom stereocenters. The first kappa shape index (κ1) is 31.4. The number of hydrogen-bond donors (Lipinski definition) is 1. The smallest absolute Gasteiger partial charge is 0.143 e. The van der Waals surface area contributed by atoms with Crippen molar-refractivity contribution in [3.63, 3.8) is 0 Å². The van der Waals surface area contributed by atoms with E-state index in [-0.39, 0.29) is 5.41 Å². The SMILES string of the molecule is CC1(C)c2ccccc2-c2ccc3c(c21)C1C=CC=CC1N3.c1ccc(-c2ccc(-c3cccc(-c4cccc5c4oc4ccccc45)c3)cc2)cc1. The maximum atomic E-state index is 6.25. The van der Waals surface area contributed by atoms with Crippen LogP contribution in [-0.4, -0.2) is 6.04 Å². The van der Waals surface area contributed by atoms with Crippen molar-refractivity contribution in [2.75, 3.05) is 5.32 Å². The summed E-state index contributed by atoms with van der Waals surface area (Å²) in [6.45, 7) is 4.74. The number of benzene rings is 7. The lowest BCUT2D eigenvalue weighted by molar-refractivity contribution is 0.645. The lowest BCUT2D eigenvalue weighted by atomic mass is 9.76. The van der Waals surface area contributed by atoms with E-state index >= 15 is 0 Å². The lowest BCUT2D eigenvalue weighted by Crippen LogP contribution is -2.21. The third-order valence-electron chi connectivity index (χ3n) is 11.5. The van der Waals surface area contributed by atoms with Crippen LogP contribution in [0.4, 0.5) is 5.69 Å². The van der Waals surface area contributed by atoms with E-state index in [4.69, 9.17) is 4.42 Å². The number of nitrogens with one attached hydrogen (secondary N) is 1. The molecule has 0 saturated carbocycles. The van der Waals surface area contributed by atoms with Crippen LogP contribution in [0.5, 0.6) is 0 Å². The molecule has 1 aliphatic heterocycles. The first-order valence-corrected chi connectivity index (χ1v) is 18.6. The van der Waals surface area contributed by atoms with Gasteiger partial charge in [-0.05, 0) is 73.8 Å². The summed E-state index contributed by atoms with van der Waals surface area (Å²) in [7, 11) is 0. The number of furan rings is 1. The Kier molecular flexibility index (Phi) is 7.33. The fourth-order valence-electron chi connectivity index (χ4n) is 8.91. The fourth-order valence-corrected chi connectivity index (χ4v) is 8.91. The molecule has 254 valence electrons. The normalized spacial score (nSPS) is 17.0. The lowest BCUT2D eigenvalue weighted by Gasteiger charge is -2.26. The van der Waals surface area contributed by atoms with Crippen LogP contribution in [-0.2, 0) is 5.41 Å². The van der Waals surface area contributed by atoms with E-state index in [0.29, 0.717) is 12.0 Å². The van der Waals surface area contributed by atoms with Gasteiger partial charge in [0.2, 0.25) is 0 Å². The topological polar surface area (TPSA) is 25.2 Å². The Labute approximate surface area is 310 Å².